The number of fused-ring (bicyclic) bond motifs is 4. The molecule has 0 spiro atoms. The molecule has 27 heavy (non-hydrogen) atoms. The standard InChI is InChI=1S/C24H19FN2/c1-2-13-27-23-12-9-17(16-7-10-19(25)11-8-16)14-20(23)21-15-18-5-3-4-6-22(18)26-24(21)27/h3-12,14-15H,2,13H2,1H3. The van der Waals surface area contributed by atoms with Gasteiger partial charge in [-0.2, -0.15) is 0 Å². The molecule has 0 aliphatic heterocycles. The Hall–Kier alpha value is -3.20. The van der Waals surface area contributed by atoms with Gasteiger partial charge in [-0.25, -0.2) is 9.37 Å². The van der Waals surface area contributed by atoms with E-state index in [1.165, 1.54) is 28.4 Å². The van der Waals surface area contributed by atoms with Gasteiger partial charge in [0.15, 0.2) is 0 Å². The first-order valence-electron chi connectivity index (χ1n) is 9.32. The van der Waals surface area contributed by atoms with E-state index in [4.69, 9.17) is 4.98 Å². The third kappa shape index (κ3) is 2.58. The summed E-state index contributed by atoms with van der Waals surface area (Å²) in [4.78, 5) is 4.96. The average Bonchev–Trinajstić information content (AvgIpc) is 3.00. The van der Waals surface area contributed by atoms with Gasteiger partial charge in [-0.15, -0.1) is 0 Å². The number of aryl methyl sites for hydroxylation is 1. The minimum absolute atomic E-state index is 0.213. The van der Waals surface area contributed by atoms with Crippen molar-refractivity contribution in [1.29, 1.82) is 0 Å². The maximum absolute atomic E-state index is 13.3. The summed E-state index contributed by atoms with van der Waals surface area (Å²) in [6.45, 7) is 3.12. The zero-order valence-corrected chi connectivity index (χ0v) is 15.1. The Balaban J connectivity index is 1.83. The second-order valence-electron chi connectivity index (χ2n) is 6.94. The van der Waals surface area contributed by atoms with Gasteiger partial charge in [0, 0.05) is 22.7 Å². The van der Waals surface area contributed by atoms with Crippen molar-refractivity contribution in [1.82, 2.24) is 9.55 Å². The molecule has 0 saturated carbocycles. The zero-order valence-electron chi connectivity index (χ0n) is 15.1. The van der Waals surface area contributed by atoms with Crippen LogP contribution in [0.4, 0.5) is 4.39 Å². The molecule has 3 heteroatoms. The van der Waals surface area contributed by atoms with Gasteiger partial charge in [-0.3, -0.25) is 0 Å². The molecule has 3 aromatic carbocycles. The SMILES string of the molecule is CCCn1c2ccc(-c3ccc(F)cc3)cc2c2cc3ccccc3nc21. The molecule has 0 atom stereocenters. The largest absolute Gasteiger partial charge is 0.325 e. The molecule has 132 valence electrons. The van der Waals surface area contributed by atoms with Gasteiger partial charge in [0.05, 0.1) is 11.0 Å². The van der Waals surface area contributed by atoms with E-state index in [-0.39, 0.29) is 5.82 Å². The quantitative estimate of drug-likeness (QED) is 0.359. The summed E-state index contributed by atoms with van der Waals surface area (Å²) in [7, 11) is 0. The van der Waals surface area contributed by atoms with Crippen molar-refractivity contribution in [3.05, 3.63) is 78.6 Å². The maximum Gasteiger partial charge on any atom is 0.141 e. The first-order chi connectivity index (χ1) is 13.2. The number of halogens is 1. The van der Waals surface area contributed by atoms with E-state index >= 15 is 0 Å². The molecular weight excluding hydrogens is 335 g/mol. The molecule has 0 saturated heterocycles. The lowest BCUT2D eigenvalue weighted by Gasteiger charge is -2.06. The van der Waals surface area contributed by atoms with Crippen LogP contribution in [0.15, 0.2) is 72.8 Å². The normalized spacial score (nSPS) is 11.6. The Morgan fingerprint density at radius 1 is 0.852 bits per heavy atom. The van der Waals surface area contributed by atoms with E-state index in [2.05, 4.69) is 47.9 Å². The lowest BCUT2D eigenvalue weighted by Crippen LogP contribution is -1.97. The highest BCUT2D eigenvalue weighted by Crippen LogP contribution is 2.33. The predicted molar refractivity (Wildman–Crippen MR) is 110 cm³/mol. The molecule has 0 aliphatic rings. The number of para-hydroxylation sites is 1. The lowest BCUT2D eigenvalue weighted by molar-refractivity contribution is 0.628. The Morgan fingerprint density at radius 2 is 1.63 bits per heavy atom. The third-order valence-electron chi connectivity index (χ3n) is 5.16. The Labute approximate surface area is 156 Å². The molecule has 0 aliphatic carbocycles. The Kier molecular flexibility index (Phi) is 3.68. The number of nitrogens with zero attached hydrogens (tertiary/aromatic N) is 2. The van der Waals surface area contributed by atoms with Crippen molar-refractivity contribution in [2.45, 2.75) is 19.9 Å². The van der Waals surface area contributed by atoms with Crippen molar-refractivity contribution < 1.29 is 4.39 Å². The smallest absolute Gasteiger partial charge is 0.141 e. The number of rotatable bonds is 3. The minimum Gasteiger partial charge on any atom is -0.325 e. The van der Waals surface area contributed by atoms with Crippen molar-refractivity contribution >= 4 is 32.8 Å². The molecule has 5 rings (SSSR count). The van der Waals surface area contributed by atoms with Gasteiger partial charge in [0.1, 0.15) is 11.5 Å². The molecule has 0 unspecified atom stereocenters. The molecule has 0 amide bonds. The van der Waals surface area contributed by atoms with Crippen molar-refractivity contribution in [2.75, 3.05) is 0 Å². The fraction of sp³-hybridized carbons (Fsp3) is 0.125. The van der Waals surface area contributed by atoms with Crippen LogP contribution in [0.25, 0.3) is 44.0 Å². The van der Waals surface area contributed by atoms with E-state index in [0.717, 1.165) is 40.6 Å². The van der Waals surface area contributed by atoms with Crippen LogP contribution in [-0.2, 0) is 6.54 Å². The first kappa shape index (κ1) is 16.0. The summed E-state index contributed by atoms with van der Waals surface area (Å²) in [6.07, 6.45) is 1.05. The van der Waals surface area contributed by atoms with E-state index in [0.29, 0.717) is 0 Å². The van der Waals surface area contributed by atoms with Crippen molar-refractivity contribution in [3.63, 3.8) is 0 Å². The van der Waals surface area contributed by atoms with Crippen LogP contribution in [0.2, 0.25) is 0 Å². The zero-order chi connectivity index (χ0) is 18.4. The topological polar surface area (TPSA) is 17.8 Å². The van der Waals surface area contributed by atoms with Crippen LogP contribution in [-0.4, -0.2) is 9.55 Å². The fourth-order valence-electron chi connectivity index (χ4n) is 3.88. The Bertz CT molecular complexity index is 1280. The fourth-order valence-corrected chi connectivity index (χ4v) is 3.88. The maximum atomic E-state index is 13.3. The van der Waals surface area contributed by atoms with Crippen LogP contribution in [0.1, 0.15) is 13.3 Å². The minimum atomic E-state index is -0.213. The molecular formula is C24H19FN2. The molecule has 2 aromatic heterocycles. The number of aromatic nitrogens is 2. The van der Waals surface area contributed by atoms with Crippen molar-refractivity contribution in [2.24, 2.45) is 0 Å². The third-order valence-corrected chi connectivity index (χ3v) is 5.16. The van der Waals surface area contributed by atoms with Gasteiger partial charge in [0.2, 0.25) is 0 Å². The van der Waals surface area contributed by atoms with Gasteiger partial charge in [-0.05, 0) is 53.9 Å². The summed E-state index contributed by atoms with van der Waals surface area (Å²) < 4.78 is 15.6. The second-order valence-corrected chi connectivity index (χ2v) is 6.94. The van der Waals surface area contributed by atoms with E-state index in [1.54, 1.807) is 0 Å². The van der Waals surface area contributed by atoms with Crippen LogP contribution in [0, 0.1) is 5.82 Å². The van der Waals surface area contributed by atoms with Crippen LogP contribution >= 0.6 is 0 Å². The molecule has 2 heterocycles. The van der Waals surface area contributed by atoms with E-state index < -0.39 is 0 Å². The van der Waals surface area contributed by atoms with E-state index in [1.807, 2.05) is 24.3 Å². The number of hydrogen-bond donors (Lipinski definition) is 0. The molecule has 0 radical (unpaired) electrons. The highest BCUT2D eigenvalue weighted by molar-refractivity contribution is 6.11. The number of hydrogen-bond acceptors (Lipinski definition) is 1. The Morgan fingerprint density at radius 3 is 2.44 bits per heavy atom. The molecule has 0 fully saturated rings. The highest BCUT2D eigenvalue weighted by Gasteiger charge is 2.13. The monoisotopic (exact) mass is 354 g/mol. The predicted octanol–water partition coefficient (Wildman–Crippen LogP) is 6.56. The first-order valence-corrected chi connectivity index (χ1v) is 9.32. The summed E-state index contributed by atoms with van der Waals surface area (Å²) in [5.41, 5.74) is 5.35. The summed E-state index contributed by atoms with van der Waals surface area (Å²) >= 11 is 0. The van der Waals surface area contributed by atoms with Gasteiger partial charge in [0.25, 0.3) is 0 Å². The average molecular weight is 354 g/mol. The van der Waals surface area contributed by atoms with Crippen LogP contribution in [0.3, 0.4) is 0 Å². The molecule has 0 N–H and O–H groups in total. The summed E-state index contributed by atoms with van der Waals surface area (Å²) in [5, 5.41) is 3.51. The lowest BCUT2D eigenvalue weighted by atomic mass is 10.0. The molecule has 0 bridgehead atoms. The number of benzene rings is 3. The highest BCUT2D eigenvalue weighted by atomic mass is 19.1. The summed E-state index contributed by atoms with van der Waals surface area (Å²) in [6, 6.07) is 23.6. The van der Waals surface area contributed by atoms with E-state index in [9.17, 15) is 4.39 Å². The molecule has 2 nitrogen and oxygen atoms in total. The summed E-state index contributed by atoms with van der Waals surface area (Å²) in [5.74, 6) is -0.213. The van der Waals surface area contributed by atoms with Gasteiger partial charge < -0.3 is 4.57 Å². The van der Waals surface area contributed by atoms with Crippen molar-refractivity contribution in [3.8, 4) is 11.1 Å². The van der Waals surface area contributed by atoms with Crippen LogP contribution < -0.4 is 0 Å². The van der Waals surface area contributed by atoms with Crippen LogP contribution in [0.5, 0.6) is 0 Å². The number of pyridine rings is 1. The molecule has 5 aromatic rings. The van der Waals surface area contributed by atoms with Gasteiger partial charge >= 0.3 is 0 Å². The second kappa shape index (κ2) is 6.20. The van der Waals surface area contributed by atoms with Gasteiger partial charge in [-0.1, -0.05) is 43.3 Å².